The molecule has 1 saturated heterocycles. The van der Waals surface area contributed by atoms with Crippen molar-refractivity contribution in [1.29, 1.82) is 0 Å². The van der Waals surface area contributed by atoms with Gasteiger partial charge in [0.05, 0.1) is 5.92 Å². The van der Waals surface area contributed by atoms with Crippen LogP contribution in [0, 0.1) is 5.92 Å². The van der Waals surface area contributed by atoms with Crippen molar-refractivity contribution in [3.8, 4) is 0 Å². The number of aromatic nitrogens is 1. The number of aliphatic carboxylic acids is 1. The van der Waals surface area contributed by atoms with Gasteiger partial charge in [0.1, 0.15) is 0 Å². The van der Waals surface area contributed by atoms with Gasteiger partial charge in [-0.25, -0.2) is 0 Å². The first-order valence-electron chi connectivity index (χ1n) is 6.20. The predicted molar refractivity (Wildman–Crippen MR) is 69.5 cm³/mol. The highest BCUT2D eigenvalue weighted by Crippen LogP contribution is 2.24. The molecule has 1 aliphatic rings. The van der Waals surface area contributed by atoms with E-state index in [1.54, 1.807) is 4.90 Å². The summed E-state index contributed by atoms with van der Waals surface area (Å²) in [6.45, 7) is 0.771. The Morgan fingerprint density at radius 2 is 2.26 bits per heavy atom. The van der Waals surface area contributed by atoms with Crippen molar-refractivity contribution in [3.05, 3.63) is 36.0 Å². The number of benzene rings is 1. The van der Waals surface area contributed by atoms with Crippen molar-refractivity contribution in [3.63, 3.8) is 0 Å². The van der Waals surface area contributed by atoms with Gasteiger partial charge >= 0.3 is 5.97 Å². The normalized spacial score (nSPS) is 19.3. The number of rotatable bonds is 3. The zero-order valence-corrected chi connectivity index (χ0v) is 10.3. The highest BCUT2D eigenvalue weighted by molar-refractivity contribution is 5.87. The van der Waals surface area contributed by atoms with E-state index in [2.05, 4.69) is 4.98 Å². The highest BCUT2D eigenvalue weighted by atomic mass is 16.4. The van der Waals surface area contributed by atoms with Gasteiger partial charge in [0.25, 0.3) is 0 Å². The van der Waals surface area contributed by atoms with E-state index in [0.717, 1.165) is 16.5 Å². The van der Waals surface area contributed by atoms with Gasteiger partial charge in [-0.3, -0.25) is 9.59 Å². The molecule has 1 aromatic heterocycles. The van der Waals surface area contributed by atoms with Gasteiger partial charge in [-0.15, -0.1) is 0 Å². The molecule has 1 aliphatic heterocycles. The Hall–Kier alpha value is -2.30. The summed E-state index contributed by atoms with van der Waals surface area (Å²) in [6.07, 6.45) is 1.97. The molecule has 3 rings (SSSR count). The lowest BCUT2D eigenvalue weighted by Crippen LogP contribution is -2.25. The van der Waals surface area contributed by atoms with E-state index in [9.17, 15) is 9.59 Å². The van der Waals surface area contributed by atoms with Gasteiger partial charge in [0, 0.05) is 36.6 Å². The first-order chi connectivity index (χ1) is 9.15. The van der Waals surface area contributed by atoms with Gasteiger partial charge in [0.2, 0.25) is 5.91 Å². The molecule has 1 fully saturated rings. The summed E-state index contributed by atoms with van der Waals surface area (Å²) < 4.78 is 0. The third-order valence-electron chi connectivity index (χ3n) is 3.61. The minimum atomic E-state index is -0.893. The van der Waals surface area contributed by atoms with E-state index in [4.69, 9.17) is 5.11 Å². The first kappa shape index (κ1) is 11.8. The average molecular weight is 258 g/mol. The number of hydrogen-bond acceptors (Lipinski definition) is 2. The maximum absolute atomic E-state index is 11.8. The Morgan fingerprint density at radius 1 is 1.42 bits per heavy atom. The van der Waals surface area contributed by atoms with Crippen LogP contribution in [0.4, 0.5) is 0 Å². The fourth-order valence-corrected chi connectivity index (χ4v) is 2.58. The number of carboxylic acids is 1. The van der Waals surface area contributed by atoms with Gasteiger partial charge in [-0.05, 0) is 17.7 Å². The second-order valence-electron chi connectivity index (χ2n) is 4.87. The maximum Gasteiger partial charge on any atom is 0.308 e. The summed E-state index contributed by atoms with van der Waals surface area (Å²) in [5.74, 6) is -1.55. The van der Waals surface area contributed by atoms with Crippen LogP contribution in [0.5, 0.6) is 0 Å². The van der Waals surface area contributed by atoms with E-state index in [1.807, 2.05) is 30.5 Å². The van der Waals surface area contributed by atoms with Crippen molar-refractivity contribution < 1.29 is 14.7 Å². The molecule has 0 spiro atoms. The Labute approximate surface area is 109 Å². The second kappa shape index (κ2) is 4.42. The van der Waals surface area contributed by atoms with Crippen molar-refractivity contribution >= 4 is 22.8 Å². The second-order valence-corrected chi connectivity index (χ2v) is 4.87. The first-order valence-corrected chi connectivity index (χ1v) is 6.20. The lowest BCUT2D eigenvalue weighted by atomic mass is 10.1. The Balaban J connectivity index is 1.84. The standard InChI is InChI=1S/C14H14N2O3/c17-13-6-10(14(18)19)8-16(13)7-9-2-1-3-12-11(9)4-5-15-12/h1-5,10,15H,6-8H2,(H,18,19). The van der Waals surface area contributed by atoms with E-state index in [-0.39, 0.29) is 12.3 Å². The third-order valence-corrected chi connectivity index (χ3v) is 3.61. The molecular formula is C14H14N2O3. The molecule has 2 N–H and O–H groups in total. The molecule has 0 aliphatic carbocycles. The van der Waals surface area contributed by atoms with Crippen LogP contribution in [-0.4, -0.2) is 33.4 Å². The number of nitrogens with zero attached hydrogens (tertiary/aromatic N) is 1. The molecule has 2 heterocycles. The molecule has 1 amide bonds. The molecular weight excluding hydrogens is 244 g/mol. The van der Waals surface area contributed by atoms with Crippen LogP contribution in [-0.2, 0) is 16.1 Å². The molecule has 1 atom stereocenters. The molecule has 5 nitrogen and oxygen atoms in total. The van der Waals surface area contributed by atoms with E-state index in [1.165, 1.54) is 0 Å². The van der Waals surface area contributed by atoms with Crippen LogP contribution < -0.4 is 0 Å². The fourth-order valence-electron chi connectivity index (χ4n) is 2.58. The topological polar surface area (TPSA) is 73.4 Å². The molecule has 0 bridgehead atoms. The number of amides is 1. The van der Waals surface area contributed by atoms with Crippen molar-refractivity contribution in [1.82, 2.24) is 9.88 Å². The third kappa shape index (κ3) is 2.07. The Kier molecular flexibility index (Phi) is 2.74. The maximum atomic E-state index is 11.8. The minimum absolute atomic E-state index is 0.0834. The number of likely N-dealkylation sites (tertiary alicyclic amines) is 1. The van der Waals surface area contributed by atoms with Crippen molar-refractivity contribution in [2.24, 2.45) is 5.92 Å². The highest BCUT2D eigenvalue weighted by Gasteiger charge is 2.34. The summed E-state index contributed by atoms with van der Waals surface area (Å²) in [6, 6.07) is 7.85. The molecule has 1 unspecified atom stereocenters. The summed E-state index contributed by atoms with van der Waals surface area (Å²) >= 11 is 0. The van der Waals surface area contributed by atoms with Crippen LogP contribution in [0.15, 0.2) is 30.5 Å². The van der Waals surface area contributed by atoms with Crippen LogP contribution >= 0.6 is 0 Å². The van der Waals surface area contributed by atoms with Gasteiger partial charge in [-0.2, -0.15) is 0 Å². The van der Waals surface area contributed by atoms with Crippen molar-refractivity contribution in [2.45, 2.75) is 13.0 Å². The molecule has 1 aromatic carbocycles. The molecule has 0 saturated carbocycles. The van der Waals surface area contributed by atoms with Gasteiger partial charge < -0.3 is 15.0 Å². The number of hydrogen-bond donors (Lipinski definition) is 2. The fraction of sp³-hybridized carbons (Fsp3) is 0.286. The zero-order chi connectivity index (χ0) is 13.4. The number of carbonyl (C=O) groups excluding carboxylic acids is 1. The van der Waals surface area contributed by atoms with Crippen molar-refractivity contribution in [2.75, 3.05) is 6.54 Å². The average Bonchev–Trinajstić information content (AvgIpc) is 2.97. The van der Waals surface area contributed by atoms with Crippen LogP contribution in [0.25, 0.3) is 10.9 Å². The number of nitrogens with one attached hydrogen (secondary N) is 1. The Bertz CT molecular complexity index is 647. The predicted octanol–water partition coefficient (Wildman–Crippen LogP) is 1.60. The molecule has 0 radical (unpaired) electrons. The number of fused-ring (bicyclic) bond motifs is 1. The SMILES string of the molecule is O=C(O)C1CC(=O)N(Cc2cccc3[nH]ccc23)C1. The van der Waals surface area contributed by atoms with Gasteiger partial charge in [0.15, 0.2) is 0 Å². The molecule has 5 heteroatoms. The molecule has 19 heavy (non-hydrogen) atoms. The summed E-state index contributed by atoms with van der Waals surface area (Å²) in [5, 5.41) is 10.0. The summed E-state index contributed by atoms with van der Waals surface area (Å²) in [4.78, 5) is 27.5. The Morgan fingerprint density at radius 3 is 3.00 bits per heavy atom. The smallest absolute Gasteiger partial charge is 0.308 e. The monoisotopic (exact) mass is 258 g/mol. The lowest BCUT2D eigenvalue weighted by Gasteiger charge is -2.16. The molecule has 2 aromatic rings. The van der Waals surface area contributed by atoms with Gasteiger partial charge in [-0.1, -0.05) is 12.1 Å². The van der Waals surface area contributed by atoms with E-state index < -0.39 is 11.9 Å². The summed E-state index contributed by atoms with van der Waals surface area (Å²) in [7, 11) is 0. The quantitative estimate of drug-likeness (QED) is 0.878. The van der Waals surface area contributed by atoms with Crippen LogP contribution in [0.3, 0.4) is 0 Å². The van der Waals surface area contributed by atoms with Crippen LogP contribution in [0.2, 0.25) is 0 Å². The number of carboxylic acid groups (broad SMARTS) is 1. The number of aromatic amines is 1. The number of carbonyl (C=O) groups is 2. The van der Waals surface area contributed by atoms with E-state index >= 15 is 0 Å². The minimum Gasteiger partial charge on any atom is -0.481 e. The molecule has 98 valence electrons. The van der Waals surface area contributed by atoms with Crippen LogP contribution in [0.1, 0.15) is 12.0 Å². The summed E-state index contributed by atoms with van der Waals surface area (Å²) in [5.41, 5.74) is 2.07. The zero-order valence-electron chi connectivity index (χ0n) is 10.3. The van der Waals surface area contributed by atoms with E-state index in [0.29, 0.717) is 13.1 Å². The largest absolute Gasteiger partial charge is 0.481 e. The number of H-pyrrole nitrogens is 1. The lowest BCUT2D eigenvalue weighted by molar-refractivity contribution is -0.141.